The van der Waals surface area contributed by atoms with Crippen LogP contribution in [0.1, 0.15) is 13.3 Å². The van der Waals surface area contributed by atoms with Crippen molar-refractivity contribution in [1.29, 1.82) is 5.26 Å². The third-order valence-electron chi connectivity index (χ3n) is 1.81. The molecule has 0 bridgehead atoms. The Labute approximate surface area is 90.9 Å². The van der Waals surface area contributed by atoms with Gasteiger partial charge < -0.3 is 4.74 Å². The molecule has 0 spiro atoms. The Morgan fingerprint density at radius 2 is 2.29 bits per heavy atom. The van der Waals surface area contributed by atoms with Gasteiger partial charge >= 0.3 is 0 Å². The van der Waals surface area contributed by atoms with E-state index >= 15 is 0 Å². The molecule has 0 aliphatic carbocycles. The minimum atomic E-state index is 0.541. The lowest BCUT2D eigenvalue weighted by atomic mass is 10.3. The summed E-state index contributed by atoms with van der Waals surface area (Å²) >= 11 is 5.58. The molecule has 0 aromatic heterocycles. The largest absolute Gasteiger partial charge is 0.383 e. The number of rotatable bonds is 7. The second kappa shape index (κ2) is 9.01. The maximum absolute atomic E-state index is 8.48. The molecular formula is C10H17ClN2O. The molecule has 0 saturated carbocycles. The van der Waals surface area contributed by atoms with Crippen molar-refractivity contribution in [1.82, 2.24) is 4.90 Å². The van der Waals surface area contributed by atoms with Gasteiger partial charge in [-0.05, 0) is 12.5 Å². The topological polar surface area (TPSA) is 36.3 Å². The lowest BCUT2D eigenvalue weighted by Gasteiger charge is -2.20. The van der Waals surface area contributed by atoms with E-state index in [0.29, 0.717) is 13.0 Å². The van der Waals surface area contributed by atoms with Crippen LogP contribution in [-0.2, 0) is 4.74 Å². The van der Waals surface area contributed by atoms with E-state index < -0.39 is 0 Å². The third kappa shape index (κ3) is 6.90. The number of ether oxygens (including phenoxy) is 1. The van der Waals surface area contributed by atoms with Crippen molar-refractivity contribution in [2.24, 2.45) is 0 Å². The molecule has 14 heavy (non-hydrogen) atoms. The van der Waals surface area contributed by atoms with Gasteiger partial charge in [0.05, 0.1) is 12.7 Å². The molecule has 0 fully saturated rings. The molecule has 0 amide bonds. The second-order valence-electron chi connectivity index (χ2n) is 3.13. The first-order chi connectivity index (χ1) is 6.74. The van der Waals surface area contributed by atoms with E-state index in [1.165, 1.54) is 0 Å². The lowest BCUT2D eigenvalue weighted by molar-refractivity contribution is 0.154. The second-order valence-corrected chi connectivity index (χ2v) is 3.35. The minimum absolute atomic E-state index is 0.541. The van der Waals surface area contributed by atoms with Crippen LogP contribution in [0.2, 0.25) is 0 Å². The molecule has 4 heteroatoms. The van der Waals surface area contributed by atoms with Crippen molar-refractivity contribution >= 4 is 11.6 Å². The number of nitrogens with zero attached hydrogens (tertiary/aromatic N) is 2. The van der Waals surface area contributed by atoms with E-state index in [9.17, 15) is 0 Å². The van der Waals surface area contributed by atoms with Crippen LogP contribution in [-0.4, -0.2) is 38.3 Å². The van der Waals surface area contributed by atoms with Crippen LogP contribution in [0.5, 0.6) is 0 Å². The van der Waals surface area contributed by atoms with Gasteiger partial charge in [0.15, 0.2) is 0 Å². The predicted octanol–water partition coefficient (Wildman–Crippen LogP) is 1.99. The number of methoxy groups -OCH3 is 1. The summed E-state index contributed by atoms with van der Waals surface area (Å²) in [5.74, 6) is 0. The summed E-state index contributed by atoms with van der Waals surface area (Å²) in [5.41, 5.74) is 2.67. The van der Waals surface area contributed by atoms with Gasteiger partial charge in [-0.2, -0.15) is 5.26 Å². The zero-order chi connectivity index (χ0) is 10.8. The smallest absolute Gasteiger partial charge is 0.0635 e. The van der Waals surface area contributed by atoms with Gasteiger partial charge in [-0.25, -0.2) is 0 Å². The normalized spacial score (nSPS) is 11.8. The van der Waals surface area contributed by atoms with E-state index in [4.69, 9.17) is 21.6 Å². The average Bonchev–Trinajstić information content (AvgIpc) is 2.21. The van der Waals surface area contributed by atoms with Gasteiger partial charge in [-0.1, -0.05) is 11.6 Å². The van der Waals surface area contributed by atoms with Crippen LogP contribution in [0.4, 0.5) is 0 Å². The molecule has 3 nitrogen and oxygen atoms in total. The van der Waals surface area contributed by atoms with Crippen LogP contribution in [0.15, 0.2) is 11.1 Å². The molecule has 80 valence electrons. The summed E-state index contributed by atoms with van der Waals surface area (Å²) in [7, 11) is 1.67. The molecule has 0 heterocycles. The van der Waals surface area contributed by atoms with Gasteiger partial charge in [0.2, 0.25) is 0 Å². The fourth-order valence-electron chi connectivity index (χ4n) is 1.09. The molecular weight excluding hydrogens is 200 g/mol. The van der Waals surface area contributed by atoms with Gasteiger partial charge in [0.1, 0.15) is 0 Å². The molecule has 0 aliphatic rings. The standard InChI is InChI=1S/C10H17ClN2O/c1-10(8-11)9-13(5-3-4-12)6-7-14-2/h8H,3,5-7,9H2,1-2H3. The molecule has 0 radical (unpaired) electrons. The first kappa shape index (κ1) is 13.4. The monoisotopic (exact) mass is 216 g/mol. The summed E-state index contributed by atoms with van der Waals surface area (Å²) in [4.78, 5) is 2.15. The predicted molar refractivity (Wildman–Crippen MR) is 58.2 cm³/mol. The van der Waals surface area contributed by atoms with Gasteiger partial charge in [-0.3, -0.25) is 4.90 Å². The maximum Gasteiger partial charge on any atom is 0.0635 e. The molecule has 0 aliphatic heterocycles. The fourth-order valence-corrected chi connectivity index (χ4v) is 1.15. The first-order valence-electron chi connectivity index (χ1n) is 4.58. The van der Waals surface area contributed by atoms with Crippen LogP contribution in [0.3, 0.4) is 0 Å². The summed E-state index contributed by atoms with van der Waals surface area (Å²) in [6.07, 6.45) is 0.541. The Balaban J connectivity index is 3.91. The number of hydrogen-bond acceptors (Lipinski definition) is 3. The Hall–Kier alpha value is -0.560. The van der Waals surface area contributed by atoms with E-state index in [1.807, 2.05) is 6.92 Å². The Morgan fingerprint density at radius 1 is 1.57 bits per heavy atom. The van der Waals surface area contributed by atoms with Crippen molar-refractivity contribution in [2.75, 3.05) is 33.4 Å². The molecule has 0 saturated heterocycles. The summed E-state index contributed by atoms with van der Waals surface area (Å²) in [6, 6.07) is 2.13. The summed E-state index contributed by atoms with van der Waals surface area (Å²) in [5, 5.41) is 8.48. The first-order valence-corrected chi connectivity index (χ1v) is 5.02. The van der Waals surface area contributed by atoms with Crippen molar-refractivity contribution in [2.45, 2.75) is 13.3 Å². The van der Waals surface area contributed by atoms with E-state index in [1.54, 1.807) is 12.6 Å². The Morgan fingerprint density at radius 3 is 2.79 bits per heavy atom. The minimum Gasteiger partial charge on any atom is -0.383 e. The highest BCUT2D eigenvalue weighted by Crippen LogP contribution is 2.01. The highest BCUT2D eigenvalue weighted by molar-refractivity contribution is 6.25. The van der Waals surface area contributed by atoms with Crippen LogP contribution in [0, 0.1) is 11.3 Å². The lowest BCUT2D eigenvalue weighted by Crippen LogP contribution is -2.29. The van der Waals surface area contributed by atoms with Gasteiger partial charge in [-0.15, -0.1) is 0 Å². The molecule has 0 rings (SSSR count). The maximum atomic E-state index is 8.48. The van der Waals surface area contributed by atoms with E-state index in [-0.39, 0.29) is 0 Å². The number of hydrogen-bond donors (Lipinski definition) is 0. The quantitative estimate of drug-likeness (QED) is 0.653. The molecule has 0 atom stereocenters. The summed E-state index contributed by atoms with van der Waals surface area (Å²) < 4.78 is 4.99. The highest BCUT2D eigenvalue weighted by atomic mass is 35.5. The van der Waals surface area contributed by atoms with Gasteiger partial charge in [0.25, 0.3) is 0 Å². The van der Waals surface area contributed by atoms with Crippen LogP contribution < -0.4 is 0 Å². The number of nitriles is 1. The van der Waals surface area contributed by atoms with E-state index in [0.717, 1.165) is 25.2 Å². The molecule has 0 aromatic rings. The van der Waals surface area contributed by atoms with Crippen LogP contribution >= 0.6 is 11.6 Å². The highest BCUT2D eigenvalue weighted by Gasteiger charge is 2.04. The Kier molecular flexibility index (Phi) is 8.65. The van der Waals surface area contributed by atoms with Crippen molar-refractivity contribution in [3.8, 4) is 6.07 Å². The van der Waals surface area contributed by atoms with Crippen molar-refractivity contribution in [3.63, 3.8) is 0 Å². The number of halogens is 1. The van der Waals surface area contributed by atoms with Gasteiger partial charge in [0, 0.05) is 38.7 Å². The average molecular weight is 217 g/mol. The molecule has 0 unspecified atom stereocenters. The Bertz CT molecular complexity index is 211. The zero-order valence-electron chi connectivity index (χ0n) is 8.79. The fraction of sp³-hybridized carbons (Fsp3) is 0.700. The van der Waals surface area contributed by atoms with Crippen molar-refractivity contribution in [3.05, 3.63) is 11.1 Å². The zero-order valence-corrected chi connectivity index (χ0v) is 9.55. The van der Waals surface area contributed by atoms with E-state index in [2.05, 4.69) is 11.0 Å². The SMILES string of the molecule is COCCN(CCC#N)CC(C)=CCl. The molecule has 0 aromatic carbocycles. The molecule has 0 N–H and O–H groups in total. The van der Waals surface area contributed by atoms with Crippen molar-refractivity contribution < 1.29 is 4.74 Å². The summed E-state index contributed by atoms with van der Waals surface area (Å²) in [6.45, 7) is 5.05. The van der Waals surface area contributed by atoms with Crippen LogP contribution in [0.25, 0.3) is 0 Å². The third-order valence-corrected chi connectivity index (χ3v) is 2.18.